The van der Waals surface area contributed by atoms with Gasteiger partial charge in [-0.2, -0.15) is 0 Å². The highest BCUT2D eigenvalue weighted by atomic mass is 16.6. The Morgan fingerprint density at radius 3 is 2.52 bits per heavy atom. The molecule has 1 aliphatic rings. The zero-order valence-electron chi connectivity index (χ0n) is 12.2. The summed E-state index contributed by atoms with van der Waals surface area (Å²) in [6, 6.07) is 6.39. The molecule has 0 saturated heterocycles. The van der Waals surface area contributed by atoms with Crippen LogP contribution >= 0.6 is 0 Å². The minimum absolute atomic E-state index is 0.0174. The zero-order valence-corrected chi connectivity index (χ0v) is 12.2. The minimum atomic E-state index is -0.422. The molecule has 1 unspecified atom stereocenters. The average molecular weight is 291 g/mol. The van der Waals surface area contributed by atoms with E-state index in [1.807, 2.05) is 6.92 Å². The van der Waals surface area contributed by atoms with Crippen molar-refractivity contribution < 1.29 is 9.72 Å². The van der Waals surface area contributed by atoms with E-state index < -0.39 is 4.92 Å². The van der Waals surface area contributed by atoms with Crippen LogP contribution in [0.1, 0.15) is 38.2 Å². The second kappa shape index (κ2) is 7.17. The molecule has 0 spiro atoms. The van der Waals surface area contributed by atoms with Gasteiger partial charge in [-0.05, 0) is 25.3 Å². The van der Waals surface area contributed by atoms with Crippen LogP contribution in [0.25, 0.3) is 0 Å². The number of nitro benzene ring substituents is 1. The topological polar surface area (TPSA) is 84.3 Å². The lowest BCUT2D eigenvalue weighted by Gasteiger charge is -2.17. The fourth-order valence-corrected chi connectivity index (χ4v) is 2.50. The minimum Gasteiger partial charge on any atom is -0.352 e. The first-order chi connectivity index (χ1) is 10.1. The maximum atomic E-state index is 12.0. The maximum Gasteiger partial charge on any atom is 0.269 e. The van der Waals surface area contributed by atoms with Gasteiger partial charge in [0.2, 0.25) is 5.91 Å². The standard InChI is InChI=1S/C15H21N3O3/c1-11(15(19)17-13-4-2-3-5-13)16-10-12-6-8-14(9-7-12)18(20)21/h6-9,11,13,16H,2-5,10H2,1H3,(H,17,19). The summed E-state index contributed by atoms with van der Waals surface area (Å²) in [5, 5.41) is 16.8. The number of carbonyl (C=O) groups is 1. The first-order valence-electron chi connectivity index (χ1n) is 7.33. The van der Waals surface area contributed by atoms with Gasteiger partial charge < -0.3 is 10.6 Å². The van der Waals surface area contributed by atoms with Gasteiger partial charge in [0.1, 0.15) is 0 Å². The monoisotopic (exact) mass is 291 g/mol. The molecule has 0 heterocycles. The molecule has 1 saturated carbocycles. The van der Waals surface area contributed by atoms with Gasteiger partial charge in [-0.3, -0.25) is 14.9 Å². The molecule has 1 fully saturated rings. The van der Waals surface area contributed by atoms with E-state index in [-0.39, 0.29) is 17.6 Å². The van der Waals surface area contributed by atoms with Gasteiger partial charge in [-0.25, -0.2) is 0 Å². The Hall–Kier alpha value is -1.95. The van der Waals surface area contributed by atoms with Crippen molar-refractivity contribution in [3.8, 4) is 0 Å². The molecule has 1 atom stereocenters. The van der Waals surface area contributed by atoms with Crippen molar-refractivity contribution in [2.75, 3.05) is 0 Å². The predicted molar refractivity (Wildman–Crippen MR) is 79.8 cm³/mol. The number of nitrogens with one attached hydrogen (secondary N) is 2. The number of nitrogens with zero attached hydrogens (tertiary/aromatic N) is 1. The number of nitro groups is 1. The average Bonchev–Trinajstić information content (AvgIpc) is 2.98. The van der Waals surface area contributed by atoms with Crippen molar-refractivity contribution in [3.63, 3.8) is 0 Å². The van der Waals surface area contributed by atoms with Crippen LogP contribution in [-0.4, -0.2) is 22.9 Å². The first kappa shape index (κ1) is 15.4. The molecule has 1 aromatic rings. The molecule has 6 heteroatoms. The summed E-state index contributed by atoms with van der Waals surface area (Å²) in [4.78, 5) is 22.1. The van der Waals surface area contributed by atoms with Crippen LogP contribution in [0.3, 0.4) is 0 Å². The maximum absolute atomic E-state index is 12.0. The van der Waals surface area contributed by atoms with Crippen LogP contribution in [-0.2, 0) is 11.3 Å². The van der Waals surface area contributed by atoms with Crippen molar-refractivity contribution in [1.82, 2.24) is 10.6 Å². The molecule has 114 valence electrons. The fourth-order valence-electron chi connectivity index (χ4n) is 2.50. The van der Waals surface area contributed by atoms with Gasteiger partial charge in [0, 0.05) is 24.7 Å². The lowest BCUT2D eigenvalue weighted by atomic mass is 10.2. The molecule has 0 aliphatic heterocycles. The molecule has 21 heavy (non-hydrogen) atoms. The van der Waals surface area contributed by atoms with E-state index in [9.17, 15) is 14.9 Å². The summed E-state index contributed by atoms with van der Waals surface area (Å²) >= 11 is 0. The molecule has 6 nitrogen and oxygen atoms in total. The van der Waals surface area contributed by atoms with E-state index >= 15 is 0 Å². The number of amides is 1. The smallest absolute Gasteiger partial charge is 0.269 e. The van der Waals surface area contributed by atoms with E-state index in [0.717, 1.165) is 18.4 Å². The Bertz CT molecular complexity index is 495. The number of non-ortho nitro benzene ring substituents is 1. The molecule has 1 aliphatic carbocycles. The molecule has 0 aromatic heterocycles. The van der Waals surface area contributed by atoms with E-state index in [4.69, 9.17) is 0 Å². The Balaban J connectivity index is 1.78. The van der Waals surface area contributed by atoms with Crippen molar-refractivity contribution in [3.05, 3.63) is 39.9 Å². The van der Waals surface area contributed by atoms with Crippen molar-refractivity contribution in [2.24, 2.45) is 0 Å². The van der Waals surface area contributed by atoms with Crippen LogP contribution < -0.4 is 10.6 Å². The van der Waals surface area contributed by atoms with Crippen LogP contribution in [0.2, 0.25) is 0 Å². The number of hydrogen-bond acceptors (Lipinski definition) is 4. The number of rotatable bonds is 6. The van der Waals surface area contributed by atoms with Crippen LogP contribution in [0.4, 0.5) is 5.69 Å². The molecule has 1 aromatic carbocycles. The van der Waals surface area contributed by atoms with Crippen molar-refractivity contribution >= 4 is 11.6 Å². The van der Waals surface area contributed by atoms with Crippen molar-refractivity contribution in [2.45, 2.75) is 51.2 Å². The molecular formula is C15H21N3O3. The molecule has 2 rings (SSSR count). The first-order valence-corrected chi connectivity index (χ1v) is 7.33. The zero-order chi connectivity index (χ0) is 15.2. The Kier molecular flexibility index (Phi) is 5.27. The predicted octanol–water partition coefficient (Wildman–Crippen LogP) is 2.13. The molecule has 0 bridgehead atoms. The highest BCUT2D eigenvalue weighted by Gasteiger charge is 2.20. The van der Waals surface area contributed by atoms with Crippen LogP contribution in [0.15, 0.2) is 24.3 Å². The third kappa shape index (κ3) is 4.53. The van der Waals surface area contributed by atoms with Gasteiger partial charge in [0.05, 0.1) is 11.0 Å². The van der Waals surface area contributed by atoms with E-state index in [1.54, 1.807) is 12.1 Å². The highest BCUT2D eigenvalue weighted by molar-refractivity contribution is 5.81. The van der Waals surface area contributed by atoms with Gasteiger partial charge in [-0.1, -0.05) is 25.0 Å². The summed E-state index contributed by atoms with van der Waals surface area (Å²) in [5.74, 6) is 0.0174. The Labute approximate surface area is 124 Å². The van der Waals surface area contributed by atoms with Gasteiger partial charge in [-0.15, -0.1) is 0 Å². The number of hydrogen-bond donors (Lipinski definition) is 2. The van der Waals surface area contributed by atoms with E-state index in [2.05, 4.69) is 10.6 Å². The number of carbonyl (C=O) groups excluding carboxylic acids is 1. The molecule has 2 N–H and O–H groups in total. The lowest BCUT2D eigenvalue weighted by molar-refractivity contribution is -0.384. The molecule has 1 amide bonds. The SMILES string of the molecule is CC(NCc1ccc([N+](=O)[O-])cc1)C(=O)NC1CCCC1. The fraction of sp³-hybridized carbons (Fsp3) is 0.533. The van der Waals surface area contributed by atoms with Gasteiger partial charge >= 0.3 is 0 Å². The highest BCUT2D eigenvalue weighted by Crippen LogP contribution is 2.17. The quantitative estimate of drug-likeness (QED) is 0.621. The van der Waals surface area contributed by atoms with E-state index in [0.29, 0.717) is 12.6 Å². The van der Waals surface area contributed by atoms with Crippen LogP contribution in [0.5, 0.6) is 0 Å². The lowest BCUT2D eigenvalue weighted by Crippen LogP contribution is -2.45. The molecular weight excluding hydrogens is 270 g/mol. The summed E-state index contributed by atoms with van der Waals surface area (Å²) < 4.78 is 0. The Morgan fingerprint density at radius 1 is 1.33 bits per heavy atom. The second-order valence-corrected chi connectivity index (χ2v) is 5.52. The van der Waals surface area contributed by atoms with Gasteiger partial charge in [0.15, 0.2) is 0 Å². The second-order valence-electron chi connectivity index (χ2n) is 5.52. The van der Waals surface area contributed by atoms with Crippen LogP contribution in [0, 0.1) is 10.1 Å². The van der Waals surface area contributed by atoms with Crippen molar-refractivity contribution in [1.29, 1.82) is 0 Å². The Morgan fingerprint density at radius 2 is 1.95 bits per heavy atom. The largest absolute Gasteiger partial charge is 0.352 e. The summed E-state index contributed by atoms with van der Waals surface area (Å²) in [5.41, 5.74) is 0.992. The van der Waals surface area contributed by atoms with E-state index in [1.165, 1.54) is 25.0 Å². The third-order valence-electron chi connectivity index (χ3n) is 3.85. The van der Waals surface area contributed by atoms with Gasteiger partial charge in [0.25, 0.3) is 5.69 Å². The number of benzene rings is 1. The molecule has 0 radical (unpaired) electrons. The summed E-state index contributed by atoms with van der Waals surface area (Å²) in [6.45, 7) is 2.34. The summed E-state index contributed by atoms with van der Waals surface area (Å²) in [6.07, 6.45) is 4.52. The normalized spacial score (nSPS) is 16.6. The third-order valence-corrected chi connectivity index (χ3v) is 3.85. The summed E-state index contributed by atoms with van der Waals surface area (Å²) in [7, 11) is 0.